The van der Waals surface area contributed by atoms with Gasteiger partial charge in [-0.1, -0.05) is 262 Å². The van der Waals surface area contributed by atoms with E-state index >= 15 is 0 Å². The van der Waals surface area contributed by atoms with E-state index in [9.17, 15) is 35.1 Å². The Labute approximate surface area is 478 Å². The molecule has 1 fully saturated rings. The average molecular weight is 1100 g/mol. The maximum Gasteiger partial charge on any atom is 0.306 e. The van der Waals surface area contributed by atoms with Crippen LogP contribution >= 0.6 is 0 Å². The molecule has 8 atom stereocenters. The summed E-state index contributed by atoms with van der Waals surface area (Å²) in [4.78, 5) is 26.5. The minimum absolute atomic E-state index is 0.123. The summed E-state index contributed by atoms with van der Waals surface area (Å²) in [5.41, 5.74) is 0. The Balaban J connectivity index is 2.57. The van der Waals surface area contributed by atoms with Crippen LogP contribution in [-0.2, 0) is 23.8 Å². The van der Waals surface area contributed by atoms with Crippen LogP contribution in [0.2, 0.25) is 0 Å². The lowest BCUT2D eigenvalue weighted by Crippen LogP contribution is -2.61. The first-order chi connectivity index (χ1) is 38.2. The molecular formula is C67H123NO10. The molecule has 1 aliphatic rings. The van der Waals surface area contributed by atoms with Crippen molar-refractivity contribution in [3.63, 3.8) is 0 Å². The monoisotopic (exact) mass is 1100 g/mol. The van der Waals surface area contributed by atoms with E-state index < -0.39 is 67.4 Å². The maximum absolute atomic E-state index is 13.4. The lowest BCUT2D eigenvalue weighted by atomic mass is 9.99. The van der Waals surface area contributed by atoms with Crippen molar-refractivity contribution in [2.75, 3.05) is 13.2 Å². The number of esters is 1. The Bertz CT molecular complexity index is 1450. The molecule has 0 spiro atoms. The van der Waals surface area contributed by atoms with Crippen molar-refractivity contribution in [2.45, 2.75) is 352 Å². The number of carbonyl (C=O) groups excluding carboxylic acids is 2. The largest absolute Gasteiger partial charge is 0.454 e. The summed E-state index contributed by atoms with van der Waals surface area (Å²) in [6.07, 6.45) is 57.3. The van der Waals surface area contributed by atoms with Crippen LogP contribution in [0.4, 0.5) is 0 Å². The van der Waals surface area contributed by atoms with Crippen LogP contribution in [0.1, 0.15) is 303 Å². The molecule has 0 aromatic rings. The molecule has 11 nitrogen and oxygen atoms in total. The topological polar surface area (TPSA) is 175 Å². The van der Waals surface area contributed by atoms with Gasteiger partial charge in [-0.15, -0.1) is 0 Å². The Morgan fingerprint density at radius 2 is 0.885 bits per heavy atom. The Hall–Kier alpha value is -2.38. The molecular weight excluding hydrogens is 979 g/mol. The van der Waals surface area contributed by atoms with Gasteiger partial charge in [0.25, 0.3) is 0 Å². The fraction of sp³-hybridized carbons (Fsp3) is 0.851. The van der Waals surface area contributed by atoms with Crippen molar-refractivity contribution < 1.29 is 49.3 Å². The van der Waals surface area contributed by atoms with Crippen molar-refractivity contribution >= 4 is 11.9 Å². The molecule has 6 N–H and O–H groups in total. The van der Waals surface area contributed by atoms with Crippen LogP contribution in [0.25, 0.3) is 0 Å². The Kier molecular flexibility index (Phi) is 52.1. The third kappa shape index (κ3) is 42.5. The molecule has 0 aromatic carbocycles. The van der Waals surface area contributed by atoms with E-state index in [4.69, 9.17) is 14.2 Å². The average Bonchev–Trinajstić information content (AvgIpc) is 3.44. The summed E-state index contributed by atoms with van der Waals surface area (Å²) < 4.78 is 17.6. The van der Waals surface area contributed by atoms with E-state index in [1.54, 1.807) is 6.08 Å². The molecule has 0 saturated carbocycles. The number of nitrogens with one attached hydrogen (secondary N) is 1. The molecule has 0 bridgehead atoms. The predicted molar refractivity (Wildman–Crippen MR) is 324 cm³/mol. The van der Waals surface area contributed by atoms with Gasteiger partial charge in [0.2, 0.25) is 5.91 Å². The molecule has 1 aliphatic heterocycles. The van der Waals surface area contributed by atoms with E-state index in [1.165, 1.54) is 193 Å². The number of hydrogen-bond acceptors (Lipinski definition) is 10. The minimum Gasteiger partial charge on any atom is -0.454 e. The number of aliphatic hydroxyl groups excluding tert-OH is 5. The van der Waals surface area contributed by atoms with Crippen molar-refractivity contribution in [1.29, 1.82) is 0 Å². The number of amides is 1. The van der Waals surface area contributed by atoms with Gasteiger partial charge in [-0.05, 0) is 83.5 Å². The highest BCUT2D eigenvalue weighted by Gasteiger charge is 2.47. The van der Waals surface area contributed by atoms with Gasteiger partial charge in [0, 0.05) is 6.42 Å². The van der Waals surface area contributed by atoms with E-state index in [2.05, 4.69) is 62.5 Å². The predicted octanol–water partition coefficient (Wildman–Crippen LogP) is 16.0. The van der Waals surface area contributed by atoms with Crippen molar-refractivity contribution in [3.05, 3.63) is 48.6 Å². The van der Waals surface area contributed by atoms with Crippen LogP contribution < -0.4 is 5.32 Å². The SMILES string of the molecule is CCCCC/C=C\C/C=C\CCCCCCCCCCCCCCCCCC(=O)OC1C(OCC(NC(=O)C(O)CCCC/C=C\CCCCCCCC)C(O)/C=C/CCCCCCCCCCCC)OC(CO)C(O)C1O. The maximum atomic E-state index is 13.4. The zero-order chi connectivity index (χ0) is 56.8. The lowest BCUT2D eigenvalue weighted by Gasteiger charge is -2.41. The van der Waals surface area contributed by atoms with Crippen LogP contribution in [0.15, 0.2) is 48.6 Å². The van der Waals surface area contributed by atoms with Crippen molar-refractivity contribution in [1.82, 2.24) is 5.32 Å². The molecule has 1 amide bonds. The van der Waals surface area contributed by atoms with Gasteiger partial charge in [0.05, 0.1) is 25.4 Å². The third-order valence-corrected chi connectivity index (χ3v) is 15.5. The molecule has 1 saturated heterocycles. The van der Waals surface area contributed by atoms with E-state index in [-0.39, 0.29) is 19.4 Å². The van der Waals surface area contributed by atoms with E-state index in [1.807, 2.05) is 6.08 Å². The summed E-state index contributed by atoms with van der Waals surface area (Å²) in [6, 6.07) is -1.03. The number of aliphatic hydroxyl groups is 5. The van der Waals surface area contributed by atoms with Gasteiger partial charge in [-0.3, -0.25) is 9.59 Å². The standard InChI is InChI=1S/C67H123NO10/c1-4-7-10-13-16-19-22-25-26-27-28-29-30-31-32-33-34-35-36-37-40-43-46-49-52-55-62(72)78-65-64(74)63(73)61(56-69)77-67(65)76-57-58(59(70)53-50-47-44-41-38-23-20-17-14-11-8-5-2)68-66(75)60(71)54-51-48-45-42-39-24-21-18-15-12-9-6-3/h16,19,25-26,39,42,50,53,58-61,63-65,67,69-71,73-74H,4-15,17-18,20-24,27-38,40-41,43-49,51-52,54-57H2,1-3H3,(H,68,75)/b19-16-,26-25-,42-39-,53-50+. The van der Waals surface area contributed by atoms with E-state index in [0.717, 1.165) is 64.2 Å². The third-order valence-electron chi connectivity index (χ3n) is 15.5. The van der Waals surface area contributed by atoms with Crippen LogP contribution in [0.3, 0.4) is 0 Å². The fourth-order valence-corrected chi connectivity index (χ4v) is 10.2. The second kappa shape index (κ2) is 55.2. The van der Waals surface area contributed by atoms with Crippen LogP contribution in [0.5, 0.6) is 0 Å². The first kappa shape index (κ1) is 73.6. The molecule has 8 unspecified atom stereocenters. The molecule has 0 aliphatic carbocycles. The number of ether oxygens (including phenoxy) is 3. The van der Waals surface area contributed by atoms with Crippen molar-refractivity contribution in [3.8, 4) is 0 Å². The normalized spacial score (nSPS) is 19.2. The van der Waals surface area contributed by atoms with Crippen LogP contribution in [0, 0.1) is 0 Å². The van der Waals surface area contributed by atoms with Gasteiger partial charge in [-0.25, -0.2) is 0 Å². The summed E-state index contributed by atoms with van der Waals surface area (Å²) in [6.45, 7) is 5.76. The zero-order valence-electron chi connectivity index (χ0n) is 50.5. The number of carbonyl (C=O) groups is 2. The number of hydrogen-bond donors (Lipinski definition) is 6. The molecule has 456 valence electrons. The second-order valence-electron chi connectivity index (χ2n) is 22.8. The molecule has 1 heterocycles. The lowest BCUT2D eigenvalue weighted by molar-refractivity contribution is -0.305. The van der Waals surface area contributed by atoms with Crippen LogP contribution in [-0.4, -0.2) is 99.6 Å². The fourth-order valence-electron chi connectivity index (χ4n) is 10.2. The van der Waals surface area contributed by atoms with Crippen molar-refractivity contribution in [2.24, 2.45) is 0 Å². The Morgan fingerprint density at radius 1 is 0.500 bits per heavy atom. The molecule has 11 heteroatoms. The molecule has 0 radical (unpaired) electrons. The van der Waals surface area contributed by atoms with Gasteiger partial charge in [0.15, 0.2) is 12.4 Å². The summed E-state index contributed by atoms with van der Waals surface area (Å²) >= 11 is 0. The summed E-state index contributed by atoms with van der Waals surface area (Å²) in [7, 11) is 0. The highest BCUT2D eigenvalue weighted by atomic mass is 16.7. The highest BCUT2D eigenvalue weighted by Crippen LogP contribution is 2.26. The van der Waals surface area contributed by atoms with Gasteiger partial charge in [-0.2, -0.15) is 0 Å². The van der Waals surface area contributed by atoms with E-state index in [0.29, 0.717) is 12.8 Å². The highest BCUT2D eigenvalue weighted by molar-refractivity contribution is 5.80. The zero-order valence-corrected chi connectivity index (χ0v) is 50.5. The summed E-state index contributed by atoms with van der Waals surface area (Å²) in [5.74, 6) is -1.20. The summed E-state index contributed by atoms with van der Waals surface area (Å²) in [5, 5.41) is 57.0. The quantitative estimate of drug-likeness (QED) is 0.0195. The smallest absolute Gasteiger partial charge is 0.306 e. The first-order valence-electron chi connectivity index (χ1n) is 32.9. The molecule has 0 aromatic heterocycles. The second-order valence-corrected chi connectivity index (χ2v) is 22.8. The number of allylic oxidation sites excluding steroid dienone is 7. The van der Waals surface area contributed by atoms with Gasteiger partial charge in [0.1, 0.15) is 24.4 Å². The van der Waals surface area contributed by atoms with Gasteiger partial charge < -0.3 is 45.1 Å². The number of unbranched alkanes of at least 4 members (excludes halogenated alkanes) is 36. The minimum atomic E-state index is -1.61. The first-order valence-corrected chi connectivity index (χ1v) is 32.9. The Morgan fingerprint density at radius 3 is 1.35 bits per heavy atom. The molecule has 1 rings (SSSR count). The van der Waals surface area contributed by atoms with Gasteiger partial charge >= 0.3 is 5.97 Å². The molecule has 78 heavy (non-hydrogen) atoms. The number of rotatable bonds is 56.